The Hall–Kier alpha value is -3.04. The fourth-order valence-corrected chi connectivity index (χ4v) is 3.91. The molecule has 0 atom stereocenters. The number of ether oxygens (including phenoxy) is 1. The van der Waals surface area contributed by atoms with Crippen molar-refractivity contribution in [2.75, 3.05) is 5.32 Å². The lowest BCUT2D eigenvalue weighted by Gasteiger charge is -2.10. The summed E-state index contributed by atoms with van der Waals surface area (Å²) in [6.07, 6.45) is -2.76. The van der Waals surface area contributed by atoms with Gasteiger partial charge in [-0.25, -0.2) is 4.98 Å². The number of alkyl halides is 3. The Morgan fingerprint density at radius 2 is 1.70 bits per heavy atom. The quantitative estimate of drug-likeness (QED) is 0.389. The molecule has 0 saturated heterocycles. The third kappa shape index (κ3) is 4.12. The fourth-order valence-electron chi connectivity index (χ4n) is 2.85. The highest BCUT2D eigenvalue weighted by atomic mass is 35.5. The molecular weight excluding hydrogens is 439 g/mol. The fraction of sp³-hybridized carbons (Fsp3) is 0.100. The SMILES string of the molecule is Cc1nc2sc(Cl)cn2c1C(=O)Nc1ccc(Oc2ccc(C(F)(F)F)cc2)cc1. The van der Waals surface area contributed by atoms with Gasteiger partial charge in [-0.05, 0) is 55.5 Å². The van der Waals surface area contributed by atoms with Crippen LogP contribution in [-0.4, -0.2) is 15.3 Å². The molecule has 0 saturated carbocycles. The minimum absolute atomic E-state index is 0.270. The largest absolute Gasteiger partial charge is 0.457 e. The summed E-state index contributed by atoms with van der Waals surface area (Å²) in [5.41, 5.74) is 0.746. The smallest absolute Gasteiger partial charge is 0.416 e. The maximum Gasteiger partial charge on any atom is 0.416 e. The summed E-state index contributed by atoms with van der Waals surface area (Å²) < 4.78 is 45.6. The number of hydrogen-bond donors (Lipinski definition) is 1. The van der Waals surface area contributed by atoms with Gasteiger partial charge in [-0.15, -0.1) is 0 Å². The van der Waals surface area contributed by atoms with Crippen LogP contribution in [0, 0.1) is 6.92 Å². The van der Waals surface area contributed by atoms with E-state index in [4.69, 9.17) is 16.3 Å². The van der Waals surface area contributed by atoms with Gasteiger partial charge in [0.1, 0.15) is 21.5 Å². The first-order valence-corrected chi connectivity index (χ1v) is 9.81. The third-order valence-corrected chi connectivity index (χ3v) is 5.32. The summed E-state index contributed by atoms with van der Waals surface area (Å²) in [6, 6.07) is 10.9. The molecule has 0 bridgehead atoms. The second-order valence-electron chi connectivity index (χ2n) is 6.34. The van der Waals surface area contributed by atoms with E-state index in [2.05, 4.69) is 10.3 Å². The second kappa shape index (κ2) is 7.66. The van der Waals surface area contributed by atoms with Gasteiger partial charge < -0.3 is 10.1 Å². The highest BCUT2D eigenvalue weighted by molar-refractivity contribution is 7.20. The molecule has 0 aliphatic carbocycles. The Bertz CT molecular complexity index is 1220. The number of anilines is 1. The predicted octanol–water partition coefficient (Wildman–Crippen LogP) is 6.42. The molecule has 4 aromatic rings. The van der Waals surface area contributed by atoms with Crippen molar-refractivity contribution < 1.29 is 22.7 Å². The van der Waals surface area contributed by atoms with E-state index in [1.54, 1.807) is 41.8 Å². The first kappa shape index (κ1) is 20.2. The number of carbonyl (C=O) groups is 1. The van der Waals surface area contributed by atoms with Crippen molar-refractivity contribution in [2.24, 2.45) is 0 Å². The van der Waals surface area contributed by atoms with Crippen molar-refractivity contribution in [3.63, 3.8) is 0 Å². The number of hydrogen-bond acceptors (Lipinski definition) is 4. The summed E-state index contributed by atoms with van der Waals surface area (Å²) in [5, 5.41) is 2.78. The van der Waals surface area contributed by atoms with Gasteiger partial charge in [0.05, 0.1) is 11.3 Å². The molecule has 0 radical (unpaired) electrons. The molecule has 5 nitrogen and oxygen atoms in total. The van der Waals surface area contributed by atoms with Gasteiger partial charge in [0, 0.05) is 11.9 Å². The summed E-state index contributed by atoms with van der Waals surface area (Å²) in [4.78, 5) is 17.6. The topological polar surface area (TPSA) is 55.6 Å². The number of amides is 1. The van der Waals surface area contributed by atoms with Crippen LogP contribution < -0.4 is 10.1 Å². The predicted molar refractivity (Wildman–Crippen MR) is 109 cm³/mol. The summed E-state index contributed by atoms with van der Waals surface area (Å²) >= 11 is 7.26. The summed E-state index contributed by atoms with van der Waals surface area (Å²) in [6.45, 7) is 1.74. The van der Waals surface area contributed by atoms with Crippen molar-refractivity contribution in [1.82, 2.24) is 9.38 Å². The van der Waals surface area contributed by atoms with Gasteiger partial charge in [-0.3, -0.25) is 9.20 Å². The lowest BCUT2D eigenvalue weighted by Crippen LogP contribution is -2.15. The molecule has 30 heavy (non-hydrogen) atoms. The number of aromatic nitrogens is 2. The first-order chi connectivity index (χ1) is 14.2. The number of nitrogens with one attached hydrogen (secondary N) is 1. The van der Waals surface area contributed by atoms with Crippen molar-refractivity contribution in [1.29, 1.82) is 0 Å². The molecule has 0 aliphatic heterocycles. The van der Waals surface area contributed by atoms with Crippen LogP contribution in [0.1, 0.15) is 21.7 Å². The zero-order chi connectivity index (χ0) is 21.5. The number of carbonyl (C=O) groups excluding carboxylic acids is 1. The van der Waals surface area contributed by atoms with E-state index in [-0.39, 0.29) is 11.7 Å². The second-order valence-corrected chi connectivity index (χ2v) is 7.98. The van der Waals surface area contributed by atoms with E-state index in [9.17, 15) is 18.0 Å². The zero-order valence-corrected chi connectivity index (χ0v) is 16.9. The van der Waals surface area contributed by atoms with Gasteiger partial charge in [-0.1, -0.05) is 22.9 Å². The minimum atomic E-state index is -4.40. The molecule has 2 heterocycles. The summed E-state index contributed by atoms with van der Waals surface area (Å²) in [7, 11) is 0. The highest BCUT2D eigenvalue weighted by Gasteiger charge is 2.30. The lowest BCUT2D eigenvalue weighted by molar-refractivity contribution is -0.137. The molecule has 0 aliphatic rings. The number of imidazole rings is 1. The first-order valence-electron chi connectivity index (χ1n) is 8.61. The Morgan fingerprint density at radius 3 is 2.30 bits per heavy atom. The molecule has 4 rings (SSSR count). The molecular formula is C20H13ClF3N3O2S. The van der Waals surface area contributed by atoms with Crippen LogP contribution >= 0.6 is 22.9 Å². The Balaban J connectivity index is 1.45. The maximum absolute atomic E-state index is 12.7. The molecule has 0 fully saturated rings. The van der Waals surface area contributed by atoms with Crippen LogP contribution in [0.2, 0.25) is 4.34 Å². The van der Waals surface area contributed by atoms with Crippen LogP contribution in [0.5, 0.6) is 11.5 Å². The number of benzene rings is 2. The van der Waals surface area contributed by atoms with Crippen LogP contribution in [0.25, 0.3) is 4.96 Å². The van der Waals surface area contributed by atoms with E-state index < -0.39 is 11.7 Å². The number of aryl methyl sites for hydroxylation is 1. The van der Waals surface area contributed by atoms with Crippen LogP contribution in [-0.2, 0) is 6.18 Å². The molecule has 0 spiro atoms. The van der Waals surface area contributed by atoms with Crippen molar-refractivity contribution >= 4 is 39.5 Å². The highest BCUT2D eigenvalue weighted by Crippen LogP contribution is 2.31. The maximum atomic E-state index is 12.7. The molecule has 1 N–H and O–H groups in total. The summed E-state index contributed by atoms with van der Waals surface area (Å²) in [5.74, 6) is 0.345. The average molecular weight is 452 g/mol. The van der Waals surface area contributed by atoms with Gasteiger partial charge >= 0.3 is 6.18 Å². The van der Waals surface area contributed by atoms with E-state index in [1.165, 1.54) is 23.5 Å². The van der Waals surface area contributed by atoms with Gasteiger partial charge in [0.15, 0.2) is 4.96 Å². The van der Waals surface area contributed by atoms with Crippen LogP contribution in [0.3, 0.4) is 0 Å². The van der Waals surface area contributed by atoms with Gasteiger partial charge in [0.25, 0.3) is 5.91 Å². The molecule has 2 aromatic carbocycles. The molecule has 0 unspecified atom stereocenters. The molecule has 2 aromatic heterocycles. The van der Waals surface area contributed by atoms with Crippen molar-refractivity contribution in [2.45, 2.75) is 13.1 Å². The monoisotopic (exact) mass is 451 g/mol. The Labute approximate surface area is 177 Å². The van der Waals surface area contributed by atoms with E-state index in [0.29, 0.717) is 32.1 Å². The number of thiazole rings is 1. The molecule has 154 valence electrons. The number of halogens is 4. The minimum Gasteiger partial charge on any atom is -0.457 e. The molecule has 10 heteroatoms. The Kier molecular flexibility index (Phi) is 5.17. The van der Waals surface area contributed by atoms with Crippen LogP contribution in [0.15, 0.2) is 54.7 Å². The number of rotatable bonds is 4. The van der Waals surface area contributed by atoms with Crippen molar-refractivity contribution in [3.8, 4) is 11.5 Å². The van der Waals surface area contributed by atoms with Gasteiger partial charge in [-0.2, -0.15) is 13.2 Å². The average Bonchev–Trinajstić information content (AvgIpc) is 3.17. The number of nitrogens with zero attached hydrogens (tertiary/aromatic N) is 2. The Morgan fingerprint density at radius 1 is 1.10 bits per heavy atom. The van der Waals surface area contributed by atoms with E-state index >= 15 is 0 Å². The number of fused-ring (bicyclic) bond motifs is 1. The van der Waals surface area contributed by atoms with E-state index in [0.717, 1.165) is 12.1 Å². The molecule has 1 amide bonds. The normalized spacial score (nSPS) is 11.6. The van der Waals surface area contributed by atoms with Crippen molar-refractivity contribution in [3.05, 3.63) is 76.0 Å². The third-order valence-electron chi connectivity index (χ3n) is 4.22. The standard InChI is InChI=1S/C20H13ClF3N3O2S/c1-11-17(27-10-16(21)30-19(27)25-11)18(28)26-13-4-8-15(9-5-13)29-14-6-2-12(3-7-14)20(22,23)24/h2-10H,1H3,(H,26,28). The van der Waals surface area contributed by atoms with Gasteiger partial charge in [0.2, 0.25) is 0 Å². The van der Waals surface area contributed by atoms with E-state index in [1.807, 2.05) is 0 Å². The zero-order valence-electron chi connectivity index (χ0n) is 15.3. The lowest BCUT2D eigenvalue weighted by atomic mass is 10.2. The van der Waals surface area contributed by atoms with Crippen LogP contribution in [0.4, 0.5) is 18.9 Å².